The number of aromatic nitrogens is 4. The average molecular weight is 371 g/mol. The number of carbonyl (C=O) groups excluding carboxylic acids is 1. The number of amides is 1. The molecule has 6 nitrogen and oxygen atoms in total. The SMILES string of the molecule is CC(C)(C)C(=O)Nc1cccc(-c2ncnc3[nH]cc(-c4ccncc4)c23)c1. The summed E-state index contributed by atoms with van der Waals surface area (Å²) in [5.74, 6) is -0.0309. The third-order valence-electron chi connectivity index (χ3n) is 4.54. The molecule has 0 saturated heterocycles. The lowest BCUT2D eigenvalue weighted by atomic mass is 9.95. The lowest BCUT2D eigenvalue weighted by molar-refractivity contribution is -0.123. The second kappa shape index (κ2) is 6.88. The Bertz CT molecular complexity index is 1140. The maximum absolute atomic E-state index is 12.3. The van der Waals surface area contributed by atoms with Crippen molar-refractivity contribution in [1.82, 2.24) is 19.9 Å². The van der Waals surface area contributed by atoms with Gasteiger partial charge in [-0.1, -0.05) is 32.9 Å². The summed E-state index contributed by atoms with van der Waals surface area (Å²) in [5.41, 5.74) is 4.81. The number of carbonyl (C=O) groups is 1. The van der Waals surface area contributed by atoms with E-state index in [1.165, 1.54) is 0 Å². The van der Waals surface area contributed by atoms with Crippen LogP contribution in [0, 0.1) is 5.41 Å². The number of nitrogens with one attached hydrogen (secondary N) is 2. The first kappa shape index (κ1) is 17.9. The summed E-state index contributed by atoms with van der Waals surface area (Å²) < 4.78 is 0. The predicted molar refractivity (Wildman–Crippen MR) is 111 cm³/mol. The number of pyridine rings is 1. The van der Waals surface area contributed by atoms with Crippen molar-refractivity contribution in [3.05, 3.63) is 61.3 Å². The quantitative estimate of drug-likeness (QED) is 0.548. The highest BCUT2D eigenvalue weighted by atomic mass is 16.2. The van der Waals surface area contributed by atoms with Crippen LogP contribution in [0.4, 0.5) is 5.69 Å². The predicted octanol–water partition coefficient (Wildman–Crippen LogP) is 4.67. The molecule has 1 aromatic carbocycles. The van der Waals surface area contributed by atoms with Gasteiger partial charge in [0.1, 0.15) is 12.0 Å². The molecule has 1 amide bonds. The Hall–Kier alpha value is -3.54. The smallest absolute Gasteiger partial charge is 0.229 e. The molecule has 28 heavy (non-hydrogen) atoms. The fraction of sp³-hybridized carbons (Fsp3) is 0.182. The monoisotopic (exact) mass is 371 g/mol. The second-order valence-corrected chi connectivity index (χ2v) is 7.67. The fourth-order valence-corrected chi connectivity index (χ4v) is 3.00. The van der Waals surface area contributed by atoms with Crippen LogP contribution in [-0.2, 0) is 4.79 Å². The van der Waals surface area contributed by atoms with Crippen LogP contribution in [0.1, 0.15) is 20.8 Å². The Kier molecular flexibility index (Phi) is 4.39. The van der Waals surface area contributed by atoms with Crippen LogP contribution in [0.2, 0.25) is 0 Å². The highest BCUT2D eigenvalue weighted by molar-refractivity contribution is 6.03. The normalized spacial score (nSPS) is 11.5. The molecule has 140 valence electrons. The average Bonchev–Trinajstić information content (AvgIpc) is 3.12. The maximum Gasteiger partial charge on any atom is 0.229 e. The molecule has 0 unspecified atom stereocenters. The van der Waals surface area contributed by atoms with Gasteiger partial charge in [0.05, 0.1) is 11.1 Å². The van der Waals surface area contributed by atoms with E-state index in [2.05, 4.69) is 25.3 Å². The first-order valence-corrected chi connectivity index (χ1v) is 9.08. The Balaban J connectivity index is 1.81. The van der Waals surface area contributed by atoms with Gasteiger partial charge in [-0.15, -0.1) is 0 Å². The topological polar surface area (TPSA) is 83.6 Å². The standard InChI is InChI=1S/C22H21N5O/c1-22(2,3)21(28)27-16-6-4-5-15(11-16)19-18-17(14-7-9-23-10-8-14)12-24-20(18)26-13-25-19/h4-13H,1-3H3,(H,27,28)(H,24,25,26). The Morgan fingerprint density at radius 3 is 2.57 bits per heavy atom. The molecule has 0 aliphatic carbocycles. The number of rotatable bonds is 3. The number of hydrogen-bond donors (Lipinski definition) is 2. The van der Waals surface area contributed by atoms with Gasteiger partial charge in [-0.2, -0.15) is 0 Å². The molecule has 0 bridgehead atoms. The summed E-state index contributed by atoms with van der Waals surface area (Å²) in [6, 6.07) is 11.6. The lowest BCUT2D eigenvalue weighted by Crippen LogP contribution is -2.27. The van der Waals surface area contributed by atoms with Gasteiger partial charge in [0, 0.05) is 40.8 Å². The number of anilines is 1. The molecule has 0 spiro atoms. The van der Waals surface area contributed by atoms with Gasteiger partial charge in [-0.05, 0) is 29.8 Å². The van der Waals surface area contributed by atoms with Crippen molar-refractivity contribution in [3.8, 4) is 22.4 Å². The van der Waals surface area contributed by atoms with Crippen molar-refractivity contribution < 1.29 is 4.79 Å². The van der Waals surface area contributed by atoms with Gasteiger partial charge in [0.2, 0.25) is 5.91 Å². The van der Waals surface area contributed by atoms with Crippen molar-refractivity contribution in [2.24, 2.45) is 5.41 Å². The zero-order valence-electron chi connectivity index (χ0n) is 16.0. The van der Waals surface area contributed by atoms with Crippen molar-refractivity contribution >= 4 is 22.6 Å². The number of H-pyrrole nitrogens is 1. The van der Waals surface area contributed by atoms with Crippen LogP contribution >= 0.6 is 0 Å². The minimum absolute atomic E-state index is 0.0309. The number of aromatic amines is 1. The van der Waals surface area contributed by atoms with E-state index in [0.717, 1.165) is 39.1 Å². The summed E-state index contributed by atoms with van der Waals surface area (Å²) in [5, 5.41) is 3.92. The molecule has 2 N–H and O–H groups in total. The molecular formula is C22H21N5O. The zero-order chi connectivity index (χ0) is 19.7. The van der Waals surface area contributed by atoms with E-state index in [4.69, 9.17) is 0 Å². The first-order chi connectivity index (χ1) is 13.4. The molecule has 4 rings (SSSR count). The van der Waals surface area contributed by atoms with Crippen LogP contribution in [0.15, 0.2) is 61.3 Å². The highest BCUT2D eigenvalue weighted by Gasteiger charge is 2.21. The minimum atomic E-state index is -0.465. The third-order valence-corrected chi connectivity index (χ3v) is 4.54. The maximum atomic E-state index is 12.3. The third kappa shape index (κ3) is 3.36. The number of nitrogens with zero attached hydrogens (tertiary/aromatic N) is 3. The summed E-state index contributed by atoms with van der Waals surface area (Å²) in [6.45, 7) is 5.67. The van der Waals surface area contributed by atoms with Gasteiger partial charge in [-0.3, -0.25) is 9.78 Å². The Morgan fingerprint density at radius 1 is 1.04 bits per heavy atom. The van der Waals surface area contributed by atoms with E-state index in [9.17, 15) is 4.79 Å². The summed E-state index contributed by atoms with van der Waals surface area (Å²) in [7, 11) is 0. The van der Waals surface area contributed by atoms with E-state index in [0.29, 0.717) is 0 Å². The van der Waals surface area contributed by atoms with E-state index in [1.54, 1.807) is 18.7 Å². The van der Waals surface area contributed by atoms with Crippen molar-refractivity contribution in [1.29, 1.82) is 0 Å². The van der Waals surface area contributed by atoms with Gasteiger partial charge in [0.15, 0.2) is 0 Å². The molecule has 0 aliphatic heterocycles. The number of hydrogen-bond acceptors (Lipinski definition) is 4. The van der Waals surface area contributed by atoms with Gasteiger partial charge in [0.25, 0.3) is 0 Å². The second-order valence-electron chi connectivity index (χ2n) is 7.67. The molecule has 3 heterocycles. The molecule has 6 heteroatoms. The summed E-state index contributed by atoms with van der Waals surface area (Å²) in [6.07, 6.45) is 7.01. The molecule has 0 fully saturated rings. The van der Waals surface area contributed by atoms with E-state index in [1.807, 2.05) is 63.4 Å². The van der Waals surface area contributed by atoms with E-state index >= 15 is 0 Å². The number of fused-ring (bicyclic) bond motifs is 1. The van der Waals surface area contributed by atoms with Crippen LogP contribution in [0.3, 0.4) is 0 Å². The van der Waals surface area contributed by atoms with Crippen molar-refractivity contribution in [2.75, 3.05) is 5.32 Å². The molecule has 0 aliphatic rings. The molecule has 0 atom stereocenters. The van der Waals surface area contributed by atoms with E-state index in [-0.39, 0.29) is 5.91 Å². The molecule has 3 aromatic heterocycles. The minimum Gasteiger partial charge on any atom is -0.345 e. The molecular weight excluding hydrogens is 350 g/mol. The van der Waals surface area contributed by atoms with Crippen LogP contribution < -0.4 is 5.32 Å². The largest absolute Gasteiger partial charge is 0.345 e. The lowest BCUT2D eigenvalue weighted by Gasteiger charge is -2.18. The highest BCUT2D eigenvalue weighted by Crippen LogP contribution is 2.34. The van der Waals surface area contributed by atoms with Crippen LogP contribution in [-0.4, -0.2) is 25.8 Å². The Morgan fingerprint density at radius 2 is 1.82 bits per heavy atom. The van der Waals surface area contributed by atoms with Crippen molar-refractivity contribution in [3.63, 3.8) is 0 Å². The fourth-order valence-electron chi connectivity index (χ4n) is 3.00. The van der Waals surface area contributed by atoms with Gasteiger partial charge in [-0.25, -0.2) is 9.97 Å². The van der Waals surface area contributed by atoms with Crippen molar-refractivity contribution in [2.45, 2.75) is 20.8 Å². The summed E-state index contributed by atoms with van der Waals surface area (Å²) >= 11 is 0. The molecule has 0 saturated carbocycles. The van der Waals surface area contributed by atoms with E-state index < -0.39 is 5.41 Å². The van der Waals surface area contributed by atoms with Crippen LogP contribution in [0.5, 0.6) is 0 Å². The Labute approximate surface area is 163 Å². The first-order valence-electron chi connectivity index (χ1n) is 9.08. The molecule has 4 aromatic rings. The summed E-state index contributed by atoms with van der Waals surface area (Å²) in [4.78, 5) is 28.6. The van der Waals surface area contributed by atoms with Crippen LogP contribution in [0.25, 0.3) is 33.4 Å². The van der Waals surface area contributed by atoms with Gasteiger partial charge >= 0.3 is 0 Å². The number of benzene rings is 1. The van der Waals surface area contributed by atoms with Gasteiger partial charge < -0.3 is 10.3 Å². The zero-order valence-corrected chi connectivity index (χ0v) is 16.0. The molecule has 0 radical (unpaired) electrons.